The molecular weight excluding hydrogens is 424 g/mol. The number of aliphatic hydroxyl groups is 1. The lowest BCUT2D eigenvalue weighted by Gasteiger charge is -2.29. The molecule has 2 aliphatic rings. The Morgan fingerprint density at radius 1 is 1.06 bits per heavy atom. The molecule has 4 N–H and O–H groups in total. The highest BCUT2D eigenvalue weighted by molar-refractivity contribution is 5.90. The highest BCUT2D eigenvalue weighted by Crippen LogP contribution is 2.44. The van der Waals surface area contributed by atoms with Gasteiger partial charge in [-0.15, -0.1) is 0 Å². The van der Waals surface area contributed by atoms with Gasteiger partial charge in [0, 0.05) is 18.9 Å². The summed E-state index contributed by atoms with van der Waals surface area (Å²) in [5, 5.41) is 23.5. The maximum atomic E-state index is 12.8. The maximum absolute atomic E-state index is 12.8. The number of ether oxygens (including phenoxy) is 1. The monoisotopic (exact) mass is 452 g/mol. The molecule has 0 aliphatic heterocycles. The van der Waals surface area contributed by atoms with E-state index in [4.69, 9.17) is 9.84 Å². The lowest BCUT2D eigenvalue weighted by molar-refractivity contribution is -0.147. The number of carbonyl (C=O) groups is 3. The molecule has 2 unspecified atom stereocenters. The number of carboxylic acids is 1. The van der Waals surface area contributed by atoms with E-state index < -0.39 is 29.6 Å². The van der Waals surface area contributed by atoms with Crippen molar-refractivity contribution < 1.29 is 29.3 Å². The summed E-state index contributed by atoms with van der Waals surface area (Å²) in [5.41, 5.74) is 3.30. The number of aliphatic hydroxyl groups excluding tert-OH is 1. The molecule has 33 heavy (non-hydrogen) atoms. The number of carbonyl (C=O) groups excluding carboxylic acids is 2. The van der Waals surface area contributed by atoms with Gasteiger partial charge in [-0.2, -0.15) is 0 Å². The zero-order chi connectivity index (χ0) is 23.6. The largest absolute Gasteiger partial charge is 0.479 e. The number of carboxylic acid groups (broad SMARTS) is 1. The van der Waals surface area contributed by atoms with Crippen LogP contribution in [0.25, 0.3) is 11.1 Å². The Balaban J connectivity index is 1.38. The first-order valence-electron chi connectivity index (χ1n) is 11.1. The van der Waals surface area contributed by atoms with Crippen LogP contribution in [0.1, 0.15) is 43.2 Å². The number of benzene rings is 2. The van der Waals surface area contributed by atoms with E-state index in [1.165, 1.54) is 0 Å². The molecule has 0 heterocycles. The van der Waals surface area contributed by atoms with Crippen LogP contribution in [0.3, 0.4) is 0 Å². The Labute approximate surface area is 192 Å². The Morgan fingerprint density at radius 2 is 1.64 bits per heavy atom. The van der Waals surface area contributed by atoms with Gasteiger partial charge in [0.05, 0.1) is 0 Å². The summed E-state index contributed by atoms with van der Waals surface area (Å²) in [6.07, 6.45) is -0.747. The predicted molar refractivity (Wildman–Crippen MR) is 121 cm³/mol. The van der Waals surface area contributed by atoms with Crippen LogP contribution in [0, 0.1) is 5.92 Å². The van der Waals surface area contributed by atoms with Gasteiger partial charge in [0.15, 0.2) is 6.10 Å². The van der Waals surface area contributed by atoms with Crippen molar-refractivity contribution in [1.82, 2.24) is 10.6 Å². The molecule has 8 nitrogen and oxygen atoms in total. The molecule has 174 valence electrons. The van der Waals surface area contributed by atoms with Crippen molar-refractivity contribution in [3.63, 3.8) is 0 Å². The summed E-state index contributed by atoms with van der Waals surface area (Å²) in [6.45, 7) is 1.78. The van der Waals surface area contributed by atoms with E-state index in [-0.39, 0.29) is 31.4 Å². The number of hydrogen-bond donors (Lipinski definition) is 4. The first-order chi connectivity index (χ1) is 15.8. The minimum Gasteiger partial charge on any atom is -0.479 e. The van der Waals surface area contributed by atoms with Crippen LogP contribution in [-0.2, 0) is 14.3 Å². The van der Waals surface area contributed by atoms with Crippen molar-refractivity contribution in [3.8, 4) is 11.1 Å². The molecule has 2 aromatic carbocycles. The number of alkyl carbamates (subject to hydrolysis) is 1. The first-order valence-corrected chi connectivity index (χ1v) is 11.1. The number of amides is 2. The Morgan fingerprint density at radius 3 is 2.18 bits per heavy atom. The fourth-order valence-corrected chi connectivity index (χ4v) is 4.48. The number of rotatable bonds is 9. The van der Waals surface area contributed by atoms with Gasteiger partial charge in [0.1, 0.15) is 12.1 Å². The maximum Gasteiger partial charge on any atom is 0.408 e. The van der Waals surface area contributed by atoms with Crippen molar-refractivity contribution in [2.45, 2.75) is 43.7 Å². The molecule has 2 atom stereocenters. The van der Waals surface area contributed by atoms with Crippen molar-refractivity contribution in [2.24, 2.45) is 5.92 Å². The van der Waals surface area contributed by atoms with Gasteiger partial charge in [-0.25, -0.2) is 9.59 Å². The summed E-state index contributed by atoms with van der Waals surface area (Å²) < 4.78 is 5.59. The van der Waals surface area contributed by atoms with Crippen LogP contribution in [0.4, 0.5) is 4.79 Å². The molecule has 1 saturated carbocycles. The molecule has 2 aliphatic carbocycles. The molecule has 0 aromatic heterocycles. The number of aliphatic carboxylic acids is 1. The average Bonchev–Trinajstić information content (AvgIpc) is 3.61. The Kier molecular flexibility index (Phi) is 6.37. The molecule has 0 bridgehead atoms. The van der Waals surface area contributed by atoms with Crippen LogP contribution < -0.4 is 10.6 Å². The quantitative estimate of drug-likeness (QED) is 0.464. The average molecular weight is 453 g/mol. The standard InChI is InChI=1S/C25H28N2O6/c1-25(15-10-11-15,23(31)26-13-12-21(28)22(29)30)27-24(32)33-14-20-18-8-4-2-6-16(18)17-7-3-5-9-19(17)20/h2-9,15,20-21,28H,10-14H2,1H3,(H,26,31)(H,27,32)(H,29,30). The van der Waals surface area contributed by atoms with Gasteiger partial charge in [-0.3, -0.25) is 4.79 Å². The number of nitrogens with one attached hydrogen (secondary N) is 2. The first kappa shape index (κ1) is 22.8. The minimum absolute atomic E-state index is 0.0129. The summed E-state index contributed by atoms with van der Waals surface area (Å²) in [5.74, 6) is -1.87. The highest BCUT2D eigenvalue weighted by Gasteiger charge is 2.48. The van der Waals surface area contributed by atoms with E-state index >= 15 is 0 Å². The second-order valence-corrected chi connectivity index (χ2v) is 8.83. The highest BCUT2D eigenvalue weighted by atomic mass is 16.5. The van der Waals surface area contributed by atoms with Crippen LogP contribution in [0.15, 0.2) is 48.5 Å². The smallest absolute Gasteiger partial charge is 0.408 e. The van der Waals surface area contributed by atoms with E-state index in [2.05, 4.69) is 22.8 Å². The topological polar surface area (TPSA) is 125 Å². The van der Waals surface area contributed by atoms with Crippen LogP contribution >= 0.6 is 0 Å². The minimum atomic E-state index is -1.55. The van der Waals surface area contributed by atoms with E-state index in [0.717, 1.165) is 35.1 Å². The number of hydrogen-bond acceptors (Lipinski definition) is 5. The summed E-state index contributed by atoms with van der Waals surface area (Å²) in [6, 6.07) is 16.1. The molecule has 0 radical (unpaired) electrons. The third-order valence-electron chi connectivity index (χ3n) is 6.56. The summed E-state index contributed by atoms with van der Waals surface area (Å²) in [4.78, 5) is 36.3. The fourth-order valence-electron chi connectivity index (χ4n) is 4.48. The van der Waals surface area contributed by atoms with Crippen molar-refractivity contribution in [3.05, 3.63) is 59.7 Å². The van der Waals surface area contributed by atoms with Crippen LogP contribution in [-0.4, -0.2) is 53.0 Å². The molecule has 4 rings (SSSR count). The van der Waals surface area contributed by atoms with Gasteiger partial charge < -0.3 is 25.6 Å². The Bertz CT molecular complexity index is 1020. The van der Waals surface area contributed by atoms with Gasteiger partial charge >= 0.3 is 12.1 Å². The van der Waals surface area contributed by atoms with Gasteiger partial charge in [-0.1, -0.05) is 48.5 Å². The van der Waals surface area contributed by atoms with E-state index in [1.54, 1.807) is 6.92 Å². The van der Waals surface area contributed by atoms with E-state index in [0.29, 0.717) is 0 Å². The van der Waals surface area contributed by atoms with Gasteiger partial charge in [0.2, 0.25) is 5.91 Å². The zero-order valence-electron chi connectivity index (χ0n) is 18.4. The fraction of sp³-hybridized carbons (Fsp3) is 0.400. The van der Waals surface area contributed by atoms with Crippen LogP contribution in [0.2, 0.25) is 0 Å². The second-order valence-electron chi connectivity index (χ2n) is 8.83. The zero-order valence-corrected chi connectivity index (χ0v) is 18.4. The Hall–Kier alpha value is -3.39. The third-order valence-corrected chi connectivity index (χ3v) is 6.56. The van der Waals surface area contributed by atoms with E-state index in [1.807, 2.05) is 36.4 Å². The normalized spacial score (nSPS) is 17.3. The molecule has 0 saturated heterocycles. The molecule has 8 heteroatoms. The molecule has 2 amide bonds. The molecular formula is C25H28N2O6. The summed E-state index contributed by atoms with van der Waals surface area (Å²) in [7, 11) is 0. The molecule has 0 spiro atoms. The lowest BCUT2D eigenvalue weighted by atomic mass is 9.94. The number of fused-ring (bicyclic) bond motifs is 3. The summed E-state index contributed by atoms with van der Waals surface area (Å²) >= 11 is 0. The lowest BCUT2D eigenvalue weighted by Crippen LogP contribution is -2.58. The van der Waals surface area contributed by atoms with Crippen molar-refractivity contribution >= 4 is 18.0 Å². The van der Waals surface area contributed by atoms with Gasteiger partial charge in [0.25, 0.3) is 0 Å². The molecule has 2 aromatic rings. The third kappa shape index (κ3) is 4.71. The second kappa shape index (κ2) is 9.23. The predicted octanol–water partition coefficient (Wildman–Crippen LogP) is 2.65. The van der Waals surface area contributed by atoms with E-state index in [9.17, 15) is 19.5 Å². The van der Waals surface area contributed by atoms with Crippen LogP contribution in [0.5, 0.6) is 0 Å². The SMILES string of the molecule is CC(NC(=O)OCC1c2ccccc2-c2ccccc21)(C(=O)NCCC(O)C(=O)O)C1CC1. The molecule has 1 fully saturated rings. The van der Waals surface area contributed by atoms with Gasteiger partial charge in [-0.05, 0) is 47.9 Å². The van der Waals surface area contributed by atoms with Crippen molar-refractivity contribution in [2.75, 3.05) is 13.2 Å². The van der Waals surface area contributed by atoms with Crippen molar-refractivity contribution in [1.29, 1.82) is 0 Å².